The van der Waals surface area contributed by atoms with Crippen LogP contribution in [0, 0.1) is 11.8 Å². The molecule has 3 atom stereocenters. The van der Waals surface area contributed by atoms with Crippen molar-refractivity contribution < 1.29 is 0 Å². The zero-order valence-electron chi connectivity index (χ0n) is 4.82. The molecule has 0 saturated heterocycles. The Labute approximate surface area is 49.9 Å². The average Bonchev–Trinajstić information content (AvgIpc) is 1.68. The van der Waals surface area contributed by atoms with E-state index < -0.39 is 0 Å². The average molecular weight is 119 g/mol. The minimum atomic E-state index is 0.481. The normalized spacial score (nSPS) is 51.0. The van der Waals surface area contributed by atoms with Gasteiger partial charge in [-0.3, -0.25) is 0 Å². The third-order valence-electron chi connectivity index (χ3n) is 2.07. The van der Waals surface area contributed by atoms with Crippen LogP contribution in [0.3, 0.4) is 0 Å². The molecule has 0 aromatic heterocycles. The van der Waals surface area contributed by atoms with E-state index in [0.717, 1.165) is 11.8 Å². The molecule has 0 N–H and O–H groups in total. The van der Waals surface area contributed by atoms with E-state index in [1.165, 1.54) is 6.42 Å². The summed E-state index contributed by atoms with van der Waals surface area (Å²) in [6.07, 6.45) is 1.22. The number of hydrogen-bond donors (Lipinski definition) is 0. The molecule has 0 spiro atoms. The van der Waals surface area contributed by atoms with Crippen LogP contribution in [-0.2, 0) is 0 Å². The van der Waals surface area contributed by atoms with Crippen LogP contribution in [0.15, 0.2) is 0 Å². The summed E-state index contributed by atoms with van der Waals surface area (Å²) in [6, 6.07) is 0. The summed E-state index contributed by atoms with van der Waals surface area (Å²) in [5.41, 5.74) is 0. The smallest absolute Gasteiger partial charge is 0.0366 e. The van der Waals surface area contributed by atoms with Crippen molar-refractivity contribution in [2.75, 3.05) is 0 Å². The quantitative estimate of drug-likeness (QED) is 0.428. The predicted octanol–water partition coefficient (Wildman–Crippen LogP) is 2.27. The zero-order valence-corrected chi connectivity index (χ0v) is 5.57. The van der Waals surface area contributed by atoms with Crippen molar-refractivity contribution in [3.8, 4) is 0 Å². The molecule has 1 rings (SSSR count). The lowest BCUT2D eigenvalue weighted by Crippen LogP contribution is -2.32. The van der Waals surface area contributed by atoms with E-state index in [1.54, 1.807) is 0 Å². The largest absolute Gasteiger partial charge is 0.123 e. The number of rotatable bonds is 0. The fourth-order valence-electron chi connectivity index (χ4n) is 0.945. The van der Waals surface area contributed by atoms with Crippen molar-refractivity contribution in [3.63, 3.8) is 0 Å². The summed E-state index contributed by atoms with van der Waals surface area (Å²) in [7, 11) is 0. The molecule has 0 aromatic rings. The van der Waals surface area contributed by atoms with Crippen LogP contribution >= 0.6 is 11.6 Å². The molecule has 0 bridgehead atoms. The molecule has 7 heavy (non-hydrogen) atoms. The van der Waals surface area contributed by atoms with E-state index >= 15 is 0 Å². The third kappa shape index (κ3) is 0.766. The maximum Gasteiger partial charge on any atom is 0.0366 e. The number of alkyl halides is 1. The lowest BCUT2D eigenvalue weighted by molar-refractivity contribution is 0.227. The summed E-state index contributed by atoms with van der Waals surface area (Å²) in [6.45, 7) is 4.47. The molecule has 1 aliphatic rings. The van der Waals surface area contributed by atoms with Gasteiger partial charge in [-0.15, -0.1) is 11.6 Å². The molecule has 0 amide bonds. The van der Waals surface area contributed by atoms with E-state index in [0.29, 0.717) is 5.38 Å². The van der Waals surface area contributed by atoms with Crippen LogP contribution in [-0.4, -0.2) is 5.38 Å². The lowest BCUT2D eigenvalue weighted by Gasteiger charge is -2.36. The molecule has 0 aliphatic heterocycles. The van der Waals surface area contributed by atoms with Gasteiger partial charge in [0.25, 0.3) is 0 Å². The molecule has 1 fully saturated rings. The SMILES string of the molecule is CC1CC(Cl)C1C. The fourth-order valence-corrected chi connectivity index (χ4v) is 1.47. The molecular formula is C6H11Cl. The van der Waals surface area contributed by atoms with Crippen LogP contribution in [0.25, 0.3) is 0 Å². The van der Waals surface area contributed by atoms with Crippen LogP contribution in [0.5, 0.6) is 0 Å². The Morgan fingerprint density at radius 1 is 1.43 bits per heavy atom. The number of halogens is 1. The summed E-state index contributed by atoms with van der Waals surface area (Å²) in [5.74, 6) is 1.64. The second kappa shape index (κ2) is 1.66. The standard InChI is InChI=1S/C6H11Cl/c1-4-3-6(7)5(4)2/h4-6H,3H2,1-2H3. The van der Waals surface area contributed by atoms with Crippen LogP contribution in [0.4, 0.5) is 0 Å². The lowest BCUT2D eigenvalue weighted by atomic mass is 9.76. The molecule has 1 aliphatic carbocycles. The maximum atomic E-state index is 5.79. The highest BCUT2D eigenvalue weighted by Gasteiger charge is 2.31. The summed E-state index contributed by atoms with van der Waals surface area (Å²) < 4.78 is 0. The van der Waals surface area contributed by atoms with Gasteiger partial charge in [-0.25, -0.2) is 0 Å². The van der Waals surface area contributed by atoms with Crippen LogP contribution < -0.4 is 0 Å². The van der Waals surface area contributed by atoms with Gasteiger partial charge >= 0.3 is 0 Å². The van der Waals surface area contributed by atoms with Gasteiger partial charge in [-0.2, -0.15) is 0 Å². The molecule has 0 aromatic carbocycles. The minimum Gasteiger partial charge on any atom is -0.123 e. The van der Waals surface area contributed by atoms with E-state index in [2.05, 4.69) is 13.8 Å². The first kappa shape index (κ1) is 5.43. The Balaban J connectivity index is 2.29. The topological polar surface area (TPSA) is 0 Å². The van der Waals surface area contributed by atoms with Crippen molar-refractivity contribution in [2.45, 2.75) is 25.6 Å². The first-order valence-corrected chi connectivity index (χ1v) is 3.29. The van der Waals surface area contributed by atoms with Gasteiger partial charge in [0.2, 0.25) is 0 Å². The second-order valence-corrected chi connectivity index (χ2v) is 3.15. The van der Waals surface area contributed by atoms with Gasteiger partial charge in [0.05, 0.1) is 0 Å². The van der Waals surface area contributed by atoms with Crippen molar-refractivity contribution in [2.24, 2.45) is 11.8 Å². The Kier molecular flexibility index (Phi) is 1.29. The molecule has 0 nitrogen and oxygen atoms in total. The molecule has 0 radical (unpaired) electrons. The third-order valence-corrected chi connectivity index (χ3v) is 2.64. The van der Waals surface area contributed by atoms with Crippen molar-refractivity contribution >= 4 is 11.6 Å². The van der Waals surface area contributed by atoms with E-state index in [9.17, 15) is 0 Å². The van der Waals surface area contributed by atoms with Gasteiger partial charge in [-0.05, 0) is 18.3 Å². The van der Waals surface area contributed by atoms with Gasteiger partial charge in [0.1, 0.15) is 0 Å². The van der Waals surface area contributed by atoms with Crippen LogP contribution in [0.1, 0.15) is 20.3 Å². The van der Waals surface area contributed by atoms with E-state index in [4.69, 9.17) is 11.6 Å². The Morgan fingerprint density at radius 3 is 2.00 bits per heavy atom. The van der Waals surface area contributed by atoms with Gasteiger partial charge in [-0.1, -0.05) is 13.8 Å². The predicted molar refractivity (Wildman–Crippen MR) is 32.6 cm³/mol. The zero-order chi connectivity index (χ0) is 5.44. The minimum absolute atomic E-state index is 0.481. The monoisotopic (exact) mass is 118 g/mol. The fraction of sp³-hybridized carbons (Fsp3) is 1.00. The molecule has 0 heterocycles. The van der Waals surface area contributed by atoms with Crippen molar-refractivity contribution in [1.29, 1.82) is 0 Å². The van der Waals surface area contributed by atoms with Gasteiger partial charge in [0, 0.05) is 5.38 Å². The van der Waals surface area contributed by atoms with Crippen molar-refractivity contribution in [1.82, 2.24) is 0 Å². The summed E-state index contributed by atoms with van der Waals surface area (Å²) >= 11 is 5.79. The highest BCUT2D eigenvalue weighted by molar-refractivity contribution is 6.21. The maximum absolute atomic E-state index is 5.79. The van der Waals surface area contributed by atoms with Crippen molar-refractivity contribution in [3.05, 3.63) is 0 Å². The molecule has 3 unspecified atom stereocenters. The van der Waals surface area contributed by atoms with Gasteiger partial charge in [0.15, 0.2) is 0 Å². The van der Waals surface area contributed by atoms with Crippen LogP contribution in [0.2, 0.25) is 0 Å². The molecule has 42 valence electrons. The molecule has 1 saturated carbocycles. The highest BCUT2D eigenvalue weighted by atomic mass is 35.5. The highest BCUT2D eigenvalue weighted by Crippen LogP contribution is 2.37. The second-order valence-electron chi connectivity index (χ2n) is 2.59. The molecular weight excluding hydrogens is 108 g/mol. The van der Waals surface area contributed by atoms with Gasteiger partial charge < -0.3 is 0 Å². The van der Waals surface area contributed by atoms with E-state index in [-0.39, 0.29) is 0 Å². The first-order chi connectivity index (χ1) is 3.22. The Morgan fingerprint density at radius 2 is 2.00 bits per heavy atom. The Hall–Kier alpha value is 0.290. The first-order valence-electron chi connectivity index (χ1n) is 2.86. The Bertz CT molecular complexity index is 62.6. The molecule has 1 heteroatoms. The van der Waals surface area contributed by atoms with E-state index in [1.807, 2.05) is 0 Å². The summed E-state index contributed by atoms with van der Waals surface area (Å²) in [5, 5.41) is 0.481. The number of hydrogen-bond acceptors (Lipinski definition) is 0. The summed E-state index contributed by atoms with van der Waals surface area (Å²) in [4.78, 5) is 0.